The summed E-state index contributed by atoms with van der Waals surface area (Å²) in [6, 6.07) is 10.4. The van der Waals surface area contributed by atoms with E-state index in [1.165, 1.54) is 0 Å². The summed E-state index contributed by atoms with van der Waals surface area (Å²) in [6.45, 7) is 2.47. The van der Waals surface area contributed by atoms with Gasteiger partial charge in [-0.1, -0.05) is 12.1 Å². The smallest absolute Gasteiger partial charge is 0.254 e. The van der Waals surface area contributed by atoms with E-state index in [-0.39, 0.29) is 5.91 Å². The second kappa shape index (κ2) is 6.73. The summed E-state index contributed by atoms with van der Waals surface area (Å²) in [5.74, 6) is 1.70. The highest BCUT2D eigenvalue weighted by Gasteiger charge is 2.29. The van der Waals surface area contributed by atoms with E-state index in [4.69, 9.17) is 9.98 Å². The van der Waals surface area contributed by atoms with Crippen LogP contribution in [-0.4, -0.2) is 71.3 Å². The summed E-state index contributed by atoms with van der Waals surface area (Å²) in [6.07, 6.45) is 1.12. The molecular weight excluding hydrogens is 366 g/mol. The first-order chi connectivity index (χ1) is 14.1. The lowest BCUT2D eigenvalue weighted by molar-refractivity contribution is 0.0964. The molecule has 1 fully saturated rings. The highest BCUT2D eigenvalue weighted by molar-refractivity contribution is 6.04. The SMILES string of the molecule is CNC(=O)c1cc2c(n3c1nc1ccccc13)NC(N1CCC(N(C)C)C1)=NC2. The Hall–Kier alpha value is -3.13. The molecule has 2 aliphatic heterocycles. The summed E-state index contributed by atoms with van der Waals surface area (Å²) in [7, 11) is 5.89. The van der Waals surface area contributed by atoms with Crippen LogP contribution in [0.1, 0.15) is 22.3 Å². The van der Waals surface area contributed by atoms with Crippen LogP contribution in [-0.2, 0) is 6.54 Å². The van der Waals surface area contributed by atoms with Crippen LogP contribution >= 0.6 is 0 Å². The maximum Gasteiger partial charge on any atom is 0.254 e. The molecule has 2 aromatic heterocycles. The van der Waals surface area contributed by atoms with Crippen molar-refractivity contribution in [3.63, 3.8) is 0 Å². The number of likely N-dealkylation sites (tertiary alicyclic amines) is 1. The zero-order chi connectivity index (χ0) is 20.1. The maximum absolute atomic E-state index is 12.5. The topological polar surface area (TPSA) is 77.3 Å². The molecule has 1 atom stereocenters. The third-order valence-corrected chi connectivity index (χ3v) is 5.94. The Morgan fingerprint density at radius 3 is 2.90 bits per heavy atom. The molecule has 1 saturated heterocycles. The van der Waals surface area contributed by atoms with E-state index in [2.05, 4.69) is 38.9 Å². The van der Waals surface area contributed by atoms with Gasteiger partial charge in [-0.05, 0) is 38.7 Å². The molecule has 0 aliphatic carbocycles. The van der Waals surface area contributed by atoms with E-state index in [0.29, 0.717) is 23.8 Å². The van der Waals surface area contributed by atoms with Gasteiger partial charge in [-0.3, -0.25) is 9.20 Å². The number of guanidine groups is 1. The summed E-state index contributed by atoms with van der Waals surface area (Å²) in [5, 5.41) is 6.28. The number of carbonyl (C=O) groups is 1. The average molecular weight is 391 g/mol. The zero-order valence-corrected chi connectivity index (χ0v) is 16.9. The number of amides is 1. The Morgan fingerprint density at radius 1 is 1.31 bits per heavy atom. The number of nitrogens with zero attached hydrogens (tertiary/aromatic N) is 5. The van der Waals surface area contributed by atoms with Crippen molar-refractivity contribution in [2.24, 2.45) is 4.99 Å². The van der Waals surface area contributed by atoms with Crippen molar-refractivity contribution in [3.8, 4) is 0 Å². The van der Waals surface area contributed by atoms with Gasteiger partial charge >= 0.3 is 0 Å². The van der Waals surface area contributed by atoms with Gasteiger partial charge in [0.25, 0.3) is 5.91 Å². The van der Waals surface area contributed by atoms with Crippen LogP contribution in [0.15, 0.2) is 35.3 Å². The van der Waals surface area contributed by atoms with E-state index in [9.17, 15) is 4.79 Å². The van der Waals surface area contributed by atoms with Crippen LogP contribution in [0.2, 0.25) is 0 Å². The van der Waals surface area contributed by atoms with Crippen molar-refractivity contribution < 1.29 is 4.79 Å². The number of benzene rings is 1. The lowest BCUT2D eigenvalue weighted by Gasteiger charge is -2.28. The van der Waals surface area contributed by atoms with Gasteiger partial charge in [-0.25, -0.2) is 9.98 Å². The van der Waals surface area contributed by atoms with Crippen LogP contribution in [0.5, 0.6) is 0 Å². The highest BCUT2D eigenvalue weighted by Crippen LogP contribution is 2.31. The molecule has 8 nitrogen and oxygen atoms in total. The molecule has 2 aliphatic rings. The van der Waals surface area contributed by atoms with E-state index in [1.807, 2.05) is 30.3 Å². The summed E-state index contributed by atoms with van der Waals surface area (Å²) < 4.78 is 2.06. The molecule has 0 saturated carbocycles. The second-order valence-corrected chi connectivity index (χ2v) is 7.89. The Balaban J connectivity index is 1.62. The predicted octanol–water partition coefficient (Wildman–Crippen LogP) is 1.76. The first-order valence-corrected chi connectivity index (χ1v) is 9.95. The lowest BCUT2D eigenvalue weighted by atomic mass is 10.1. The molecule has 0 radical (unpaired) electrons. The van der Waals surface area contributed by atoms with Crippen LogP contribution in [0.25, 0.3) is 16.7 Å². The Labute approximate surface area is 169 Å². The van der Waals surface area contributed by atoms with Gasteiger partial charge in [0.15, 0.2) is 11.6 Å². The minimum atomic E-state index is -0.142. The van der Waals surface area contributed by atoms with Gasteiger partial charge in [0, 0.05) is 31.7 Å². The summed E-state index contributed by atoms with van der Waals surface area (Å²) in [5.41, 5.74) is 4.06. The van der Waals surface area contributed by atoms with Gasteiger partial charge in [0.1, 0.15) is 5.82 Å². The number of nitrogens with one attached hydrogen (secondary N) is 2. The van der Waals surface area contributed by atoms with E-state index < -0.39 is 0 Å². The molecule has 1 unspecified atom stereocenters. The molecule has 0 bridgehead atoms. The number of imidazole rings is 1. The molecule has 0 spiro atoms. The Morgan fingerprint density at radius 2 is 2.14 bits per heavy atom. The zero-order valence-electron chi connectivity index (χ0n) is 16.9. The average Bonchev–Trinajstić information content (AvgIpc) is 3.37. The van der Waals surface area contributed by atoms with Crippen molar-refractivity contribution in [1.82, 2.24) is 24.5 Å². The monoisotopic (exact) mass is 391 g/mol. The van der Waals surface area contributed by atoms with Gasteiger partial charge in [-0.2, -0.15) is 0 Å². The van der Waals surface area contributed by atoms with Crippen molar-refractivity contribution in [2.45, 2.75) is 19.0 Å². The molecule has 1 amide bonds. The number of pyridine rings is 1. The van der Waals surface area contributed by atoms with E-state index >= 15 is 0 Å². The molecule has 2 N–H and O–H groups in total. The summed E-state index contributed by atoms with van der Waals surface area (Å²) in [4.78, 5) is 26.7. The van der Waals surface area contributed by atoms with Gasteiger partial charge < -0.3 is 20.4 Å². The molecule has 29 heavy (non-hydrogen) atoms. The van der Waals surface area contributed by atoms with Crippen LogP contribution < -0.4 is 10.6 Å². The van der Waals surface area contributed by atoms with Gasteiger partial charge in [0.05, 0.1) is 23.1 Å². The quantitative estimate of drug-likeness (QED) is 0.696. The van der Waals surface area contributed by atoms with Crippen molar-refractivity contribution in [3.05, 3.63) is 41.5 Å². The molecule has 5 rings (SSSR count). The number of hydrogen-bond donors (Lipinski definition) is 2. The number of para-hydroxylation sites is 2. The van der Waals surface area contributed by atoms with Crippen molar-refractivity contribution >= 4 is 34.4 Å². The minimum absolute atomic E-state index is 0.142. The third-order valence-electron chi connectivity index (χ3n) is 5.94. The third kappa shape index (κ3) is 2.82. The fourth-order valence-corrected chi connectivity index (χ4v) is 4.28. The van der Waals surface area contributed by atoms with Crippen LogP contribution in [0.3, 0.4) is 0 Å². The number of rotatable bonds is 2. The minimum Gasteiger partial charge on any atom is -0.355 e. The molecule has 4 heterocycles. The number of likely N-dealkylation sites (N-methyl/N-ethyl adjacent to an activating group) is 1. The largest absolute Gasteiger partial charge is 0.355 e. The second-order valence-electron chi connectivity index (χ2n) is 7.89. The molecular formula is C21H25N7O. The van der Waals surface area contributed by atoms with Crippen molar-refractivity contribution in [1.29, 1.82) is 0 Å². The number of anilines is 1. The molecule has 8 heteroatoms. The highest BCUT2D eigenvalue weighted by atomic mass is 16.1. The van der Waals surface area contributed by atoms with Crippen LogP contribution in [0, 0.1) is 0 Å². The van der Waals surface area contributed by atoms with Crippen LogP contribution in [0.4, 0.5) is 5.82 Å². The van der Waals surface area contributed by atoms with Gasteiger partial charge in [0.2, 0.25) is 0 Å². The first kappa shape index (κ1) is 17.9. The number of hydrogen-bond acceptors (Lipinski definition) is 6. The molecule has 1 aromatic carbocycles. The number of fused-ring (bicyclic) bond motifs is 5. The Bertz CT molecular complexity index is 1150. The Kier molecular flexibility index (Phi) is 4.16. The van der Waals surface area contributed by atoms with Crippen molar-refractivity contribution in [2.75, 3.05) is 39.5 Å². The normalized spacial score (nSPS) is 18.8. The van der Waals surface area contributed by atoms with Gasteiger partial charge in [-0.15, -0.1) is 0 Å². The standard InChI is InChI=1S/C21H25N7O/c1-22-20(29)15-10-13-11-23-21(27-9-8-14(12-27)26(2)3)25-18(13)28-17-7-5-4-6-16(17)24-19(15)28/h4-7,10,14H,8-9,11-12H2,1-3H3,(H,22,29)(H,23,25). The van der Waals surface area contributed by atoms with E-state index in [0.717, 1.165) is 47.9 Å². The number of aliphatic imine (C=N–C) groups is 1. The lowest BCUT2D eigenvalue weighted by Crippen LogP contribution is -2.39. The fraction of sp³-hybridized carbons (Fsp3) is 0.381. The number of aromatic nitrogens is 2. The molecule has 150 valence electrons. The van der Waals surface area contributed by atoms with E-state index in [1.54, 1.807) is 7.05 Å². The fourth-order valence-electron chi connectivity index (χ4n) is 4.28. The predicted molar refractivity (Wildman–Crippen MR) is 115 cm³/mol. The molecule has 3 aromatic rings. The summed E-state index contributed by atoms with van der Waals surface area (Å²) >= 11 is 0. The maximum atomic E-state index is 12.5. The first-order valence-electron chi connectivity index (χ1n) is 9.95. The number of carbonyl (C=O) groups excluding carboxylic acids is 1.